The molecular weight excluding hydrogens is 396 g/mol. The lowest BCUT2D eigenvalue weighted by atomic mass is 10.0. The van der Waals surface area contributed by atoms with Gasteiger partial charge in [-0.25, -0.2) is 14.6 Å². The van der Waals surface area contributed by atoms with E-state index < -0.39 is 22.8 Å². The molecule has 0 spiro atoms. The number of hydrogen-bond donors (Lipinski definition) is 2. The largest absolute Gasteiger partial charge is 0.424 e. The summed E-state index contributed by atoms with van der Waals surface area (Å²) in [4.78, 5) is 41.1. The summed E-state index contributed by atoms with van der Waals surface area (Å²) in [6, 6.07) is 5.41. The maximum atomic E-state index is 12.5. The molecule has 0 bridgehead atoms. The first kappa shape index (κ1) is 20.7. The van der Waals surface area contributed by atoms with Crippen LogP contribution in [-0.4, -0.2) is 27.8 Å². The number of halogens is 1. The molecule has 2 rings (SSSR count). The molecule has 0 aliphatic carbocycles. The number of carbonyl (C=O) groups is 2. The standard InChI is InChI=1S/C16H17ClN4O5S/c1-3-9(2)13(20-17)15(23)26-11-7-5-4-6-10(11)14(22)19-16-18-8-12(27-16)21(24)25/h4-9,13,20H,3H2,1-2H3,(H,18,19,22)/t9-,13-/m0/s1. The third-order valence-corrected chi connectivity index (χ3v) is 4.92. The Morgan fingerprint density at radius 2 is 2.11 bits per heavy atom. The summed E-state index contributed by atoms with van der Waals surface area (Å²) in [6.45, 7) is 3.75. The fourth-order valence-electron chi connectivity index (χ4n) is 2.11. The number of thiazole rings is 1. The van der Waals surface area contributed by atoms with Gasteiger partial charge in [0.25, 0.3) is 5.91 Å². The molecule has 1 aromatic carbocycles. The van der Waals surface area contributed by atoms with E-state index in [0.29, 0.717) is 6.42 Å². The average Bonchev–Trinajstić information content (AvgIpc) is 3.11. The van der Waals surface area contributed by atoms with Crippen molar-refractivity contribution < 1.29 is 19.2 Å². The number of anilines is 1. The highest BCUT2D eigenvalue weighted by atomic mass is 35.5. The summed E-state index contributed by atoms with van der Waals surface area (Å²) in [5.41, 5.74) is 0.0844. The minimum Gasteiger partial charge on any atom is -0.424 e. The lowest BCUT2D eigenvalue weighted by Crippen LogP contribution is -2.40. The number of esters is 1. The number of amides is 1. The smallest absolute Gasteiger partial charge is 0.345 e. The van der Waals surface area contributed by atoms with Crippen molar-refractivity contribution in [3.05, 3.63) is 46.1 Å². The zero-order chi connectivity index (χ0) is 20.0. The molecule has 0 unspecified atom stereocenters. The maximum Gasteiger partial charge on any atom is 0.345 e. The van der Waals surface area contributed by atoms with Crippen LogP contribution in [-0.2, 0) is 4.79 Å². The molecule has 0 aliphatic heterocycles. The van der Waals surface area contributed by atoms with Gasteiger partial charge in [-0.1, -0.05) is 32.4 Å². The van der Waals surface area contributed by atoms with Crippen molar-refractivity contribution in [2.75, 3.05) is 5.32 Å². The van der Waals surface area contributed by atoms with E-state index >= 15 is 0 Å². The predicted molar refractivity (Wildman–Crippen MR) is 101 cm³/mol. The van der Waals surface area contributed by atoms with Gasteiger partial charge in [-0.2, -0.15) is 0 Å². The monoisotopic (exact) mass is 412 g/mol. The Morgan fingerprint density at radius 1 is 1.41 bits per heavy atom. The van der Waals surface area contributed by atoms with Gasteiger partial charge in [0.15, 0.2) is 5.13 Å². The maximum absolute atomic E-state index is 12.5. The van der Waals surface area contributed by atoms with Crippen LogP contribution >= 0.6 is 23.1 Å². The number of carbonyl (C=O) groups excluding carboxylic acids is 2. The molecule has 2 N–H and O–H groups in total. The highest BCUT2D eigenvalue weighted by Crippen LogP contribution is 2.27. The van der Waals surface area contributed by atoms with Crippen LogP contribution in [0.15, 0.2) is 30.5 Å². The SMILES string of the molecule is CC[C@H](C)[C@H](NCl)C(=O)Oc1ccccc1C(=O)Nc1ncc([N+](=O)[O-])s1. The van der Waals surface area contributed by atoms with E-state index in [0.717, 1.165) is 17.5 Å². The van der Waals surface area contributed by atoms with Crippen LogP contribution in [0.4, 0.5) is 10.1 Å². The number of para-hydroxylation sites is 1. The van der Waals surface area contributed by atoms with E-state index in [1.165, 1.54) is 12.1 Å². The van der Waals surface area contributed by atoms with Crippen molar-refractivity contribution in [3.8, 4) is 5.75 Å². The summed E-state index contributed by atoms with van der Waals surface area (Å²) >= 11 is 6.37. The Bertz CT molecular complexity index is 844. The van der Waals surface area contributed by atoms with Crippen molar-refractivity contribution in [1.29, 1.82) is 0 Å². The number of nitro groups is 1. The first-order chi connectivity index (χ1) is 12.9. The van der Waals surface area contributed by atoms with Crippen molar-refractivity contribution in [2.24, 2.45) is 5.92 Å². The molecule has 0 radical (unpaired) electrons. The molecule has 9 nitrogen and oxygen atoms in total. The Balaban J connectivity index is 2.17. The van der Waals surface area contributed by atoms with Gasteiger partial charge in [0.1, 0.15) is 18.0 Å². The number of hydrogen-bond acceptors (Lipinski definition) is 8. The average molecular weight is 413 g/mol. The summed E-state index contributed by atoms with van der Waals surface area (Å²) in [5.74, 6) is -1.26. The number of ether oxygens (including phenoxy) is 1. The van der Waals surface area contributed by atoms with Crippen LogP contribution in [0.2, 0.25) is 0 Å². The second kappa shape index (κ2) is 9.40. The van der Waals surface area contributed by atoms with E-state index in [-0.39, 0.29) is 27.4 Å². The molecule has 1 aromatic heterocycles. The highest BCUT2D eigenvalue weighted by molar-refractivity contribution is 7.18. The van der Waals surface area contributed by atoms with Crippen LogP contribution in [0.3, 0.4) is 0 Å². The predicted octanol–water partition coefficient (Wildman–Crippen LogP) is 3.37. The Morgan fingerprint density at radius 3 is 2.70 bits per heavy atom. The van der Waals surface area contributed by atoms with E-state index in [4.69, 9.17) is 16.5 Å². The quantitative estimate of drug-likeness (QED) is 0.224. The lowest BCUT2D eigenvalue weighted by molar-refractivity contribution is -0.380. The Labute approximate surface area is 164 Å². The Hall–Kier alpha value is -2.56. The van der Waals surface area contributed by atoms with Gasteiger partial charge < -0.3 is 4.74 Å². The van der Waals surface area contributed by atoms with Crippen LogP contribution in [0.25, 0.3) is 0 Å². The van der Waals surface area contributed by atoms with Gasteiger partial charge in [-0.3, -0.25) is 20.2 Å². The van der Waals surface area contributed by atoms with Crippen LogP contribution in [0.1, 0.15) is 30.6 Å². The van der Waals surface area contributed by atoms with Crippen molar-refractivity contribution in [1.82, 2.24) is 9.82 Å². The third-order valence-electron chi connectivity index (χ3n) is 3.82. The number of nitrogens with one attached hydrogen (secondary N) is 2. The summed E-state index contributed by atoms with van der Waals surface area (Å²) in [5, 5.41) is 13.0. The fourth-order valence-corrected chi connectivity index (χ4v) is 3.04. The van der Waals surface area contributed by atoms with E-state index in [1.54, 1.807) is 12.1 Å². The third kappa shape index (κ3) is 5.22. The molecule has 0 saturated heterocycles. The number of aromatic nitrogens is 1. The molecule has 0 saturated carbocycles. The van der Waals surface area contributed by atoms with Gasteiger partial charge >= 0.3 is 11.0 Å². The van der Waals surface area contributed by atoms with Crippen LogP contribution in [0.5, 0.6) is 5.75 Å². The second-order valence-corrected chi connectivity index (χ2v) is 6.83. The first-order valence-electron chi connectivity index (χ1n) is 7.95. The van der Waals surface area contributed by atoms with Crippen molar-refractivity contribution in [2.45, 2.75) is 26.3 Å². The fraction of sp³-hybridized carbons (Fsp3) is 0.312. The summed E-state index contributed by atoms with van der Waals surface area (Å²) in [6.07, 6.45) is 1.75. The second-order valence-electron chi connectivity index (χ2n) is 5.60. The molecule has 2 atom stereocenters. The number of rotatable bonds is 8. The van der Waals surface area contributed by atoms with E-state index in [2.05, 4.69) is 15.1 Å². The van der Waals surface area contributed by atoms with Gasteiger partial charge in [-0.05, 0) is 41.2 Å². The highest BCUT2D eigenvalue weighted by Gasteiger charge is 2.27. The minimum atomic E-state index is -0.741. The van der Waals surface area contributed by atoms with E-state index in [9.17, 15) is 19.7 Å². The zero-order valence-corrected chi connectivity index (χ0v) is 16.0. The van der Waals surface area contributed by atoms with Gasteiger partial charge in [0.2, 0.25) is 0 Å². The van der Waals surface area contributed by atoms with Crippen molar-refractivity contribution >= 4 is 45.1 Å². The molecular formula is C16H17ClN4O5S. The zero-order valence-electron chi connectivity index (χ0n) is 14.5. The minimum absolute atomic E-state index is 0.0475. The molecule has 2 aromatic rings. The van der Waals surface area contributed by atoms with Crippen LogP contribution < -0.4 is 14.9 Å². The molecule has 0 fully saturated rings. The molecule has 27 heavy (non-hydrogen) atoms. The van der Waals surface area contributed by atoms with Crippen LogP contribution in [0, 0.1) is 16.0 Å². The molecule has 1 amide bonds. The first-order valence-corrected chi connectivity index (χ1v) is 9.15. The normalized spacial score (nSPS) is 12.9. The molecule has 0 aliphatic rings. The van der Waals surface area contributed by atoms with Gasteiger partial charge in [0, 0.05) is 0 Å². The lowest BCUT2D eigenvalue weighted by Gasteiger charge is -2.20. The van der Waals surface area contributed by atoms with Gasteiger partial charge in [0.05, 0.1) is 10.5 Å². The summed E-state index contributed by atoms with van der Waals surface area (Å²) in [7, 11) is 0. The van der Waals surface area contributed by atoms with Crippen molar-refractivity contribution in [3.63, 3.8) is 0 Å². The topological polar surface area (TPSA) is 123 Å². The van der Waals surface area contributed by atoms with Gasteiger partial charge in [-0.15, -0.1) is 0 Å². The molecule has 11 heteroatoms. The summed E-state index contributed by atoms with van der Waals surface area (Å²) < 4.78 is 5.35. The van der Waals surface area contributed by atoms with E-state index in [1.807, 2.05) is 13.8 Å². The number of benzene rings is 1. The Kier molecular flexibility index (Phi) is 7.22. The number of nitrogens with zero attached hydrogens (tertiary/aromatic N) is 2. The molecule has 1 heterocycles. The molecule has 144 valence electrons.